The fourth-order valence-corrected chi connectivity index (χ4v) is 3.07. The molecule has 1 N–H and O–H groups in total. The van der Waals surface area contributed by atoms with Crippen LogP contribution >= 0.6 is 0 Å². The number of nitrogens with zero attached hydrogens (tertiary/aromatic N) is 1. The SMILES string of the molecule is O=C(N/N=C/c1ccc(OCc2ccccc2)cc1)c1ccc(-c2ccccc2)cc1. The minimum absolute atomic E-state index is 0.251. The minimum Gasteiger partial charge on any atom is -0.489 e. The summed E-state index contributed by atoms with van der Waals surface area (Å²) in [4.78, 5) is 12.3. The molecule has 0 saturated carbocycles. The second kappa shape index (κ2) is 10.0. The van der Waals surface area contributed by atoms with E-state index in [-0.39, 0.29) is 5.91 Å². The Bertz CT molecular complexity index is 1140. The van der Waals surface area contributed by atoms with Gasteiger partial charge in [0, 0.05) is 5.56 Å². The van der Waals surface area contributed by atoms with Gasteiger partial charge in [0.1, 0.15) is 12.4 Å². The van der Waals surface area contributed by atoms with E-state index in [1.165, 1.54) is 0 Å². The molecule has 0 fully saturated rings. The molecule has 0 saturated heterocycles. The average molecular weight is 406 g/mol. The summed E-state index contributed by atoms with van der Waals surface area (Å²) in [5.74, 6) is 0.530. The van der Waals surface area contributed by atoms with Gasteiger partial charge in [-0.15, -0.1) is 0 Å². The lowest BCUT2D eigenvalue weighted by atomic mass is 10.0. The highest BCUT2D eigenvalue weighted by molar-refractivity contribution is 5.95. The molecule has 0 aliphatic carbocycles. The van der Waals surface area contributed by atoms with E-state index >= 15 is 0 Å². The van der Waals surface area contributed by atoms with Crippen LogP contribution < -0.4 is 10.2 Å². The first-order valence-electron chi connectivity index (χ1n) is 10.0. The molecule has 0 bridgehead atoms. The first-order valence-corrected chi connectivity index (χ1v) is 10.0. The summed E-state index contributed by atoms with van der Waals surface area (Å²) in [5, 5.41) is 4.06. The fraction of sp³-hybridized carbons (Fsp3) is 0.0370. The quantitative estimate of drug-likeness (QED) is 0.316. The zero-order valence-corrected chi connectivity index (χ0v) is 16.9. The van der Waals surface area contributed by atoms with Gasteiger partial charge in [-0.1, -0.05) is 72.8 Å². The third kappa shape index (κ3) is 5.67. The van der Waals surface area contributed by atoms with Crippen molar-refractivity contribution in [2.75, 3.05) is 0 Å². The van der Waals surface area contributed by atoms with E-state index in [0.29, 0.717) is 12.2 Å². The summed E-state index contributed by atoms with van der Waals surface area (Å²) in [6, 6.07) is 35.1. The number of carbonyl (C=O) groups excluding carboxylic acids is 1. The molecule has 4 rings (SSSR count). The summed E-state index contributed by atoms with van der Waals surface area (Å²) in [6.07, 6.45) is 1.61. The van der Waals surface area contributed by atoms with Crippen molar-refractivity contribution in [1.29, 1.82) is 0 Å². The lowest BCUT2D eigenvalue weighted by Gasteiger charge is -2.06. The third-order valence-corrected chi connectivity index (χ3v) is 4.76. The van der Waals surface area contributed by atoms with E-state index in [0.717, 1.165) is 28.0 Å². The molecule has 1 amide bonds. The number of hydrazone groups is 1. The van der Waals surface area contributed by atoms with Crippen LogP contribution in [0.2, 0.25) is 0 Å². The first kappa shape index (κ1) is 20.1. The van der Waals surface area contributed by atoms with Gasteiger partial charge in [-0.2, -0.15) is 5.10 Å². The second-order valence-electron chi connectivity index (χ2n) is 6.99. The highest BCUT2D eigenvalue weighted by Crippen LogP contribution is 2.19. The molecule has 0 aliphatic heterocycles. The van der Waals surface area contributed by atoms with Gasteiger partial charge < -0.3 is 4.74 Å². The summed E-state index contributed by atoms with van der Waals surface area (Å²) < 4.78 is 5.77. The molecule has 4 aromatic rings. The Morgan fingerprint density at radius 3 is 2.03 bits per heavy atom. The number of benzene rings is 4. The molecule has 0 heterocycles. The van der Waals surface area contributed by atoms with E-state index in [9.17, 15) is 4.79 Å². The van der Waals surface area contributed by atoms with Crippen molar-refractivity contribution in [2.24, 2.45) is 5.10 Å². The van der Waals surface area contributed by atoms with Crippen molar-refractivity contribution in [3.8, 4) is 16.9 Å². The predicted molar refractivity (Wildman–Crippen MR) is 124 cm³/mol. The molecule has 0 aromatic heterocycles. The van der Waals surface area contributed by atoms with E-state index in [1.54, 1.807) is 18.3 Å². The van der Waals surface area contributed by atoms with Gasteiger partial charge in [0.15, 0.2) is 0 Å². The Morgan fingerprint density at radius 2 is 1.35 bits per heavy atom. The maximum Gasteiger partial charge on any atom is 0.271 e. The molecule has 0 radical (unpaired) electrons. The lowest BCUT2D eigenvalue weighted by molar-refractivity contribution is 0.0955. The van der Waals surface area contributed by atoms with Gasteiger partial charge in [-0.25, -0.2) is 5.43 Å². The van der Waals surface area contributed by atoms with Crippen LogP contribution in [0.15, 0.2) is 114 Å². The number of ether oxygens (including phenoxy) is 1. The number of hydrogen-bond acceptors (Lipinski definition) is 3. The van der Waals surface area contributed by atoms with Crippen LogP contribution in [0.4, 0.5) is 0 Å². The Kier molecular flexibility index (Phi) is 6.51. The van der Waals surface area contributed by atoms with E-state index < -0.39 is 0 Å². The molecule has 0 atom stereocenters. The Morgan fingerprint density at radius 1 is 0.742 bits per heavy atom. The van der Waals surface area contributed by atoms with Gasteiger partial charge in [0.25, 0.3) is 5.91 Å². The zero-order valence-electron chi connectivity index (χ0n) is 16.9. The van der Waals surface area contributed by atoms with Gasteiger partial charge in [-0.05, 0) is 58.7 Å². The molecular weight excluding hydrogens is 384 g/mol. The zero-order chi connectivity index (χ0) is 21.3. The lowest BCUT2D eigenvalue weighted by Crippen LogP contribution is -2.17. The van der Waals surface area contributed by atoms with Crippen molar-refractivity contribution >= 4 is 12.1 Å². The van der Waals surface area contributed by atoms with Crippen molar-refractivity contribution in [2.45, 2.75) is 6.61 Å². The van der Waals surface area contributed by atoms with Crippen LogP contribution in [0.25, 0.3) is 11.1 Å². The Labute approximate surface area is 181 Å². The van der Waals surface area contributed by atoms with Crippen LogP contribution in [0.3, 0.4) is 0 Å². The van der Waals surface area contributed by atoms with E-state index in [2.05, 4.69) is 10.5 Å². The summed E-state index contributed by atoms with van der Waals surface area (Å²) in [5.41, 5.74) is 7.29. The van der Waals surface area contributed by atoms with Crippen molar-refractivity contribution in [3.63, 3.8) is 0 Å². The van der Waals surface area contributed by atoms with Gasteiger partial charge in [0.05, 0.1) is 6.21 Å². The average Bonchev–Trinajstić information content (AvgIpc) is 2.85. The molecule has 152 valence electrons. The number of rotatable bonds is 7. The second-order valence-corrected chi connectivity index (χ2v) is 6.99. The standard InChI is InChI=1S/C27H22N2O2/c30-27(25-15-13-24(14-16-25)23-9-5-2-6-10-23)29-28-19-21-11-17-26(18-12-21)31-20-22-7-3-1-4-8-22/h1-19H,20H2,(H,29,30)/b28-19+. The van der Waals surface area contributed by atoms with Crippen LogP contribution in [0, 0.1) is 0 Å². The molecular formula is C27H22N2O2. The summed E-state index contributed by atoms with van der Waals surface area (Å²) >= 11 is 0. The molecule has 31 heavy (non-hydrogen) atoms. The Balaban J connectivity index is 1.29. The number of nitrogens with one attached hydrogen (secondary N) is 1. The minimum atomic E-state index is -0.251. The topological polar surface area (TPSA) is 50.7 Å². The fourth-order valence-electron chi connectivity index (χ4n) is 3.07. The first-order chi connectivity index (χ1) is 15.3. The van der Waals surface area contributed by atoms with E-state index in [4.69, 9.17) is 4.74 Å². The third-order valence-electron chi connectivity index (χ3n) is 4.76. The van der Waals surface area contributed by atoms with E-state index in [1.807, 2.05) is 97.1 Å². The molecule has 0 spiro atoms. The highest BCUT2D eigenvalue weighted by atomic mass is 16.5. The smallest absolute Gasteiger partial charge is 0.271 e. The largest absolute Gasteiger partial charge is 0.489 e. The molecule has 4 nitrogen and oxygen atoms in total. The Hall–Kier alpha value is -4.18. The number of amides is 1. The van der Waals surface area contributed by atoms with Crippen molar-refractivity contribution in [1.82, 2.24) is 5.43 Å². The molecule has 4 aromatic carbocycles. The number of carbonyl (C=O) groups is 1. The molecule has 4 heteroatoms. The predicted octanol–water partition coefficient (Wildman–Crippen LogP) is 5.70. The maximum atomic E-state index is 12.3. The van der Waals surface area contributed by atoms with Gasteiger partial charge in [-0.3, -0.25) is 4.79 Å². The summed E-state index contributed by atoms with van der Waals surface area (Å²) in [6.45, 7) is 0.521. The van der Waals surface area contributed by atoms with Crippen LogP contribution in [0.5, 0.6) is 5.75 Å². The maximum absolute atomic E-state index is 12.3. The normalized spacial score (nSPS) is 10.7. The summed E-state index contributed by atoms with van der Waals surface area (Å²) in [7, 11) is 0. The van der Waals surface area contributed by atoms with Gasteiger partial charge in [0.2, 0.25) is 0 Å². The molecule has 0 unspecified atom stereocenters. The number of hydrogen-bond donors (Lipinski definition) is 1. The van der Waals surface area contributed by atoms with Crippen molar-refractivity contribution < 1.29 is 9.53 Å². The van der Waals surface area contributed by atoms with Crippen LogP contribution in [-0.4, -0.2) is 12.1 Å². The monoisotopic (exact) mass is 406 g/mol. The van der Waals surface area contributed by atoms with Gasteiger partial charge >= 0.3 is 0 Å². The van der Waals surface area contributed by atoms with Crippen LogP contribution in [0.1, 0.15) is 21.5 Å². The van der Waals surface area contributed by atoms with Crippen molar-refractivity contribution in [3.05, 3.63) is 126 Å². The molecule has 0 aliphatic rings. The highest BCUT2D eigenvalue weighted by Gasteiger charge is 2.05. The van der Waals surface area contributed by atoms with Crippen LogP contribution in [-0.2, 0) is 6.61 Å².